The van der Waals surface area contributed by atoms with Gasteiger partial charge in [0.05, 0.1) is 13.1 Å². The summed E-state index contributed by atoms with van der Waals surface area (Å²) in [6.07, 6.45) is 0. The summed E-state index contributed by atoms with van der Waals surface area (Å²) in [5.41, 5.74) is 2.31. The number of quaternary nitrogens is 1. The van der Waals surface area contributed by atoms with Gasteiger partial charge in [-0.15, -0.1) is 0 Å². The molecule has 3 heteroatoms. The highest BCUT2D eigenvalue weighted by atomic mass is 16.3. The Hall–Kier alpha value is -1.22. The molecular weight excluding hydrogens is 190 g/mol. The Bertz CT molecular complexity index is 368. The lowest BCUT2D eigenvalue weighted by molar-refractivity contribution is -0.948. The summed E-state index contributed by atoms with van der Waals surface area (Å²) in [5.74, 6) is -0.0167. The summed E-state index contributed by atoms with van der Waals surface area (Å²) in [4.78, 5) is 0. The fraction of sp³-hybridized carbons (Fsp3) is 0.500. The van der Waals surface area contributed by atoms with Crippen LogP contribution in [0.1, 0.15) is 25.0 Å². The van der Waals surface area contributed by atoms with Crippen LogP contribution in [-0.4, -0.2) is 27.8 Å². The number of hydrogen-bond acceptors (Lipinski definition) is 2. The topological polar surface area (TPSA) is 40.5 Å². The molecule has 1 aromatic carbocycles. The molecule has 1 aliphatic rings. The van der Waals surface area contributed by atoms with Crippen molar-refractivity contribution in [1.29, 1.82) is 0 Å². The van der Waals surface area contributed by atoms with Gasteiger partial charge in [0.2, 0.25) is 0 Å². The van der Waals surface area contributed by atoms with Gasteiger partial charge < -0.3 is 14.7 Å². The summed E-state index contributed by atoms with van der Waals surface area (Å²) in [7, 11) is 2.21. The highest BCUT2D eigenvalue weighted by Gasteiger charge is 2.35. The molecule has 0 bridgehead atoms. The van der Waals surface area contributed by atoms with E-state index in [2.05, 4.69) is 20.9 Å². The highest BCUT2D eigenvalue weighted by molar-refractivity contribution is 5.46. The van der Waals surface area contributed by atoms with E-state index in [1.54, 1.807) is 12.1 Å². The number of nitrogens with zero attached hydrogens (tertiary/aromatic N) is 1. The molecule has 0 spiro atoms. The van der Waals surface area contributed by atoms with E-state index in [0.29, 0.717) is 6.04 Å². The molecule has 2 rings (SSSR count). The van der Waals surface area contributed by atoms with Gasteiger partial charge in [0.1, 0.15) is 13.1 Å². The van der Waals surface area contributed by atoms with Crippen LogP contribution < -0.4 is 0 Å². The van der Waals surface area contributed by atoms with Gasteiger partial charge in [0.25, 0.3) is 0 Å². The minimum absolute atomic E-state index is 0.00837. The van der Waals surface area contributed by atoms with E-state index in [9.17, 15) is 10.2 Å². The van der Waals surface area contributed by atoms with Crippen molar-refractivity contribution < 1.29 is 14.7 Å². The first-order valence-corrected chi connectivity index (χ1v) is 5.30. The largest absolute Gasteiger partial charge is 0.504 e. The number of hydrogen-bond donors (Lipinski definition) is 2. The molecular formula is C12H18NO2+. The Labute approximate surface area is 90.2 Å². The number of fused-ring (bicyclic) bond motifs is 1. The number of phenols is 2. The maximum Gasteiger partial charge on any atom is 0.157 e. The lowest BCUT2D eigenvalue weighted by atomic mass is 10.1. The molecule has 0 saturated heterocycles. The van der Waals surface area contributed by atoms with E-state index in [-0.39, 0.29) is 11.5 Å². The molecule has 0 fully saturated rings. The Morgan fingerprint density at radius 3 is 1.80 bits per heavy atom. The fourth-order valence-electron chi connectivity index (χ4n) is 2.16. The van der Waals surface area contributed by atoms with Crippen molar-refractivity contribution in [3.05, 3.63) is 23.3 Å². The lowest BCUT2D eigenvalue weighted by Crippen LogP contribution is -2.44. The van der Waals surface area contributed by atoms with Crippen LogP contribution in [0.15, 0.2) is 12.1 Å². The molecule has 82 valence electrons. The quantitative estimate of drug-likeness (QED) is 0.547. The van der Waals surface area contributed by atoms with Crippen LogP contribution in [0.4, 0.5) is 0 Å². The third-order valence-corrected chi connectivity index (χ3v) is 3.61. The molecule has 0 aliphatic carbocycles. The molecule has 3 nitrogen and oxygen atoms in total. The highest BCUT2D eigenvalue weighted by Crippen LogP contribution is 2.37. The summed E-state index contributed by atoms with van der Waals surface area (Å²) in [6, 6.07) is 3.93. The summed E-state index contributed by atoms with van der Waals surface area (Å²) in [6.45, 7) is 6.26. The van der Waals surface area contributed by atoms with Gasteiger partial charge in [0, 0.05) is 11.1 Å². The Morgan fingerprint density at radius 2 is 1.47 bits per heavy atom. The Morgan fingerprint density at radius 1 is 1.07 bits per heavy atom. The molecule has 2 N–H and O–H groups in total. The maximum atomic E-state index is 9.44. The molecule has 15 heavy (non-hydrogen) atoms. The van der Waals surface area contributed by atoms with Crippen molar-refractivity contribution in [2.24, 2.45) is 0 Å². The first kappa shape index (κ1) is 10.3. The van der Waals surface area contributed by atoms with Crippen molar-refractivity contribution in [3.8, 4) is 11.5 Å². The van der Waals surface area contributed by atoms with Crippen molar-refractivity contribution >= 4 is 0 Å². The van der Waals surface area contributed by atoms with E-state index in [0.717, 1.165) is 28.7 Å². The number of phenolic OH excluding ortho intramolecular Hbond substituents is 2. The molecule has 0 atom stereocenters. The molecule has 1 aromatic rings. The average Bonchev–Trinajstić information content (AvgIpc) is 2.43. The molecule has 0 aromatic heterocycles. The lowest BCUT2D eigenvalue weighted by Gasteiger charge is -2.33. The van der Waals surface area contributed by atoms with E-state index in [4.69, 9.17) is 0 Å². The molecule has 1 heterocycles. The van der Waals surface area contributed by atoms with Gasteiger partial charge in [-0.25, -0.2) is 0 Å². The maximum absolute atomic E-state index is 9.44. The van der Waals surface area contributed by atoms with Crippen LogP contribution in [0.25, 0.3) is 0 Å². The number of benzene rings is 1. The summed E-state index contributed by atoms with van der Waals surface area (Å²) in [5, 5.41) is 18.9. The zero-order valence-corrected chi connectivity index (χ0v) is 9.49. The molecule has 0 radical (unpaired) electrons. The second kappa shape index (κ2) is 3.14. The minimum Gasteiger partial charge on any atom is -0.504 e. The number of aromatic hydroxyl groups is 2. The zero-order valence-electron chi connectivity index (χ0n) is 9.49. The van der Waals surface area contributed by atoms with E-state index < -0.39 is 0 Å². The van der Waals surface area contributed by atoms with Gasteiger partial charge in [-0.05, 0) is 26.0 Å². The van der Waals surface area contributed by atoms with E-state index in [1.807, 2.05) is 0 Å². The van der Waals surface area contributed by atoms with Gasteiger partial charge >= 0.3 is 0 Å². The number of rotatable bonds is 1. The summed E-state index contributed by atoms with van der Waals surface area (Å²) >= 11 is 0. The Balaban J connectivity index is 2.39. The monoisotopic (exact) mass is 208 g/mol. The van der Waals surface area contributed by atoms with Crippen LogP contribution in [0, 0.1) is 0 Å². The van der Waals surface area contributed by atoms with E-state index in [1.165, 1.54) is 0 Å². The zero-order chi connectivity index (χ0) is 11.2. The SMILES string of the molecule is CC(C)[N+]1(C)Cc2cc(O)c(O)cc2C1. The smallest absolute Gasteiger partial charge is 0.157 e. The predicted octanol–water partition coefficient (Wildman–Crippen LogP) is 1.97. The predicted molar refractivity (Wildman–Crippen MR) is 58.5 cm³/mol. The van der Waals surface area contributed by atoms with Crippen molar-refractivity contribution in [3.63, 3.8) is 0 Å². The molecule has 1 aliphatic heterocycles. The van der Waals surface area contributed by atoms with Gasteiger partial charge in [-0.2, -0.15) is 0 Å². The molecule has 0 amide bonds. The van der Waals surface area contributed by atoms with Crippen LogP contribution in [0.3, 0.4) is 0 Å². The standard InChI is InChI=1S/C12H17NO2/c1-8(2)13(3)6-9-4-11(14)12(15)5-10(9)7-13/h4-5,8H,6-7H2,1-3H3,(H-,14,15)/p+1. The Kier molecular flexibility index (Phi) is 2.15. The van der Waals surface area contributed by atoms with Crippen molar-refractivity contribution in [2.75, 3.05) is 7.05 Å². The minimum atomic E-state index is -0.00837. The third kappa shape index (κ3) is 1.57. The van der Waals surface area contributed by atoms with E-state index >= 15 is 0 Å². The molecule has 0 unspecified atom stereocenters. The van der Waals surface area contributed by atoms with Gasteiger partial charge in [-0.1, -0.05) is 0 Å². The van der Waals surface area contributed by atoms with Crippen molar-refractivity contribution in [1.82, 2.24) is 0 Å². The third-order valence-electron chi connectivity index (χ3n) is 3.61. The van der Waals surface area contributed by atoms with Gasteiger partial charge in [0.15, 0.2) is 11.5 Å². The second-order valence-corrected chi connectivity index (χ2v) is 5.00. The fourth-order valence-corrected chi connectivity index (χ4v) is 2.16. The summed E-state index contributed by atoms with van der Waals surface area (Å²) < 4.78 is 0.943. The first-order valence-electron chi connectivity index (χ1n) is 5.30. The van der Waals surface area contributed by atoms with Crippen LogP contribution in [0.2, 0.25) is 0 Å². The van der Waals surface area contributed by atoms with Crippen LogP contribution in [0.5, 0.6) is 11.5 Å². The normalized spacial score (nSPS) is 18.1. The van der Waals surface area contributed by atoms with Crippen molar-refractivity contribution in [2.45, 2.75) is 33.0 Å². The molecule has 0 saturated carbocycles. The van der Waals surface area contributed by atoms with Gasteiger partial charge in [-0.3, -0.25) is 0 Å². The second-order valence-electron chi connectivity index (χ2n) is 5.00. The van der Waals surface area contributed by atoms with Crippen LogP contribution >= 0.6 is 0 Å². The average molecular weight is 208 g/mol. The van der Waals surface area contributed by atoms with Crippen LogP contribution in [-0.2, 0) is 13.1 Å². The first-order chi connectivity index (χ1) is 6.92.